The van der Waals surface area contributed by atoms with Gasteiger partial charge in [-0.1, -0.05) is 6.07 Å². The number of nitrogens with one attached hydrogen (secondary N) is 1. The number of fused-ring (bicyclic) bond motifs is 4. The molecule has 0 saturated heterocycles. The van der Waals surface area contributed by atoms with Crippen LogP contribution in [0.2, 0.25) is 0 Å². The second kappa shape index (κ2) is 7.59. The van der Waals surface area contributed by atoms with E-state index in [9.17, 15) is 13.2 Å². The van der Waals surface area contributed by atoms with Crippen molar-refractivity contribution in [3.05, 3.63) is 65.1 Å². The molecule has 3 heterocycles. The van der Waals surface area contributed by atoms with E-state index in [0.717, 1.165) is 41.8 Å². The van der Waals surface area contributed by atoms with Crippen LogP contribution < -0.4 is 23.0 Å². The third-order valence-corrected chi connectivity index (χ3v) is 5.96. The number of alkyl halides is 3. The van der Waals surface area contributed by atoms with Gasteiger partial charge in [0.1, 0.15) is 6.04 Å². The van der Waals surface area contributed by atoms with Crippen molar-refractivity contribution in [2.75, 3.05) is 11.9 Å². The van der Waals surface area contributed by atoms with Gasteiger partial charge in [-0.25, -0.2) is 9.67 Å². The summed E-state index contributed by atoms with van der Waals surface area (Å²) < 4.78 is 41.3. The van der Waals surface area contributed by atoms with E-state index < -0.39 is 11.7 Å². The second-order valence-electron chi connectivity index (χ2n) is 7.72. The van der Waals surface area contributed by atoms with Crippen LogP contribution in [0, 0.1) is 12.8 Å². The van der Waals surface area contributed by atoms with Crippen molar-refractivity contribution in [3.63, 3.8) is 0 Å². The number of quaternary nitrogens is 1. The van der Waals surface area contributed by atoms with Gasteiger partial charge in [-0.15, -0.1) is 0 Å². The summed E-state index contributed by atoms with van der Waals surface area (Å²) in [5.74, 6) is 1.10. The van der Waals surface area contributed by atoms with Crippen LogP contribution >= 0.6 is 0 Å². The highest BCUT2D eigenvalue weighted by Crippen LogP contribution is 2.39. The average Bonchev–Trinajstić information content (AvgIpc) is 2.93. The molecule has 5 nitrogen and oxygen atoms in total. The molecule has 0 spiro atoms. The van der Waals surface area contributed by atoms with Gasteiger partial charge in [0.25, 0.3) is 0 Å². The SMILES string of the molecule is Cc1nn(-c2ccccn2)c2c1C1[NH2+]c3ccc(C(F)(F)F)cc3NCC1CC2.[Cl-]. The Balaban J connectivity index is 0.00000218. The number of hydrogen-bond acceptors (Lipinski definition) is 3. The van der Waals surface area contributed by atoms with Gasteiger partial charge in [0.2, 0.25) is 0 Å². The number of nitrogens with two attached hydrogens (primary N) is 1. The molecule has 2 aromatic heterocycles. The maximum Gasteiger partial charge on any atom is 0.416 e. The Morgan fingerprint density at radius 2 is 2.03 bits per heavy atom. The first-order chi connectivity index (χ1) is 13.9. The van der Waals surface area contributed by atoms with Crippen molar-refractivity contribution in [2.45, 2.75) is 32.0 Å². The minimum absolute atomic E-state index is 0. The zero-order chi connectivity index (χ0) is 20.2. The van der Waals surface area contributed by atoms with Gasteiger partial charge < -0.3 is 23.0 Å². The maximum absolute atomic E-state index is 13.1. The number of aryl methyl sites for hydroxylation is 1. The van der Waals surface area contributed by atoms with Crippen LogP contribution in [0.25, 0.3) is 5.82 Å². The number of aromatic nitrogens is 3. The lowest BCUT2D eigenvalue weighted by Gasteiger charge is -2.28. The molecule has 2 unspecified atom stereocenters. The maximum atomic E-state index is 13.1. The summed E-state index contributed by atoms with van der Waals surface area (Å²) in [6, 6.07) is 9.80. The lowest BCUT2D eigenvalue weighted by molar-refractivity contribution is -0.625. The summed E-state index contributed by atoms with van der Waals surface area (Å²) in [5.41, 5.74) is 4.01. The molecule has 3 N–H and O–H groups in total. The first-order valence-electron chi connectivity index (χ1n) is 9.71. The van der Waals surface area contributed by atoms with Crippen LogP contribution in [-0.2, 0) is 12.6 Å². The highest BCUT2D eigenvalue weighted by molar-refractivity contribution is 5.63. The van der Waals surface area contributed by atoms with Crippen LogP contribution in [0.5, 0.6) is 0 Å². The predicted octanol–water partition coefficient (Wildman–Crippen LogP) is 0.523. The highest BCUT2D eigenvalue weighted by atomic mass is 35.5. The zero-order valence-corrected chi connectivity index (χ0v) is 17.0. The summed E-state index contributed by atoms with van der Waals surface area (Å²) in [4.78, 5) is 4.43. The number of nitrogens with zero attached hydrogens (tertiary/aromatic N) is 3. The molecule has 0 bridgehead atoms. The topological polar surface area (TPSA) is 59.4 Å². The average molecular weight is 436 g/mol. The molecule has 0 saturated carbocycles. The number of benzene rings is 1. The molecule has 5 rings (SSSR count). The van der Waals surface area contributed by atoms with Gasteiger partial charge in [-0.2, -0.15) is 18.3 Å². The van der Waals surface area contributed by atoms with E-state index in [1.807, 2.05) is 29.8 Å². The lowest BCUT2D eigenvalue weighted by Crippen LogP contribution is -3.00. The van der Waals surface area contributed by atoms with Crippen molar-refractivity contribution in [3.8, 4) is 5.82 Å². The van der Waals surface area contributed by atoms with Gasteiger partial charge in [0.15, 0.2) is 11.5 Å². The monoisotopic (exact) mass is 435 g/mol. The largest absolute Gasteiger partial charge is 1.00 e. The Hall–Kier alpha value is -2.58. The Bertz CT molecular complexity index is 1060. The Morgan fingerprint density at radius 1 is 1.20 bits per heavy atom. The molecule has 30 heavy (non-hydrogen) atoms. The molecule has 0 radical (unpaired) electrons. The number of anilines is 1. The molecular formula is C21H21ClF3N5. The molecular weight excluding hydrogens is 415 g/mol. The van der Waals surface area contributed by atoms with Crippen LogP contribution in [0.15, 0.2) is 42.6 Å². The fourth-order valence-electron chi connectivity index (χ4n) is 4.58. The molecule has 0 amide bonds. The molecule has 3 aromatic rings. The normalized spacial score (nSPS) is 20.1. The summed E-state index contributed by atoms with van der Waals surface area (Å²) in [7, 11) is 0. The van der Waals surface area contributed by atoms with E-state index in [4.69, 9.17) is 5.10 Å². The summed E-state index contributed by atoms with van der Waals surface area (Å²) in [6.45, 7) is 2.64. The molecule has 9 heteroatoms. The second-order valence-corrected chi connectivity index (χ2v) is 7.72. The van der Waals surface area contributed by atoms with Crippen LogP contribution in [0.1, 0.15) is 35.0 Å². The third-order valence-electron chi connectivity index (χ3n) is 5.96. The van der Waals surface area contributed by atoms with Crippen molar-refractivity contribution in [2.24, 2.45) is 5.92 Å². The van der Waals surface area contributed by atoms with Crippen LogP contribution in [-0.4, -0.2) is 21.3 Å². The Morgan fingerprint density at radius 3 is 2.77 bits per heavy atom. The first-order valence-corrected chi connectivity index (χ1v) is 9.71. The Labute approximate surface area is 178 Å². The van der Waals surface area contributed by atoms with E-state index >= 15 is 0 Å². The quantitative estimate of drug-likeness (QED) is 0.548. The van der Waals surface area contributed by atoms with Gasteiger partial charge in [-0.3, -0.25) is 0 Å². The van der Waals surface area contributed by atoms with Crippen molar-refractivity contribution in [1.29, 1.82) is 0 Å². The van der Waals surface area contributed by atoms with Gasteiger partial charge in [0.05, 0.1) is 28.2 Å². The number of hydrogen-bond donors (Lipinski definition) is 2. The lowest BCUT2D eigenvalue weighted by atomic mass is 9.81. The molecule has 2 atom stereocenters. The fraction of sp³-hybridized carbons (Fsp3) is 0.333. The molecule has 1 aliphatic carbocycles. The zero-order valence-electron chi connectivity index (χ0n) is 16.2. The summed E-state index contributed by atoms with van der Waals surface area (Å²) in [6.07, 6.45) is -0.781. The van der Waals surface area contributed by atoms with Gasteiger partial charge in [0, 0.05) is 24.7 Å². The molecule has 2 aliphatic rings. The first kappa shape index (κ1) is 20.7. The van der Waals surface area contributed by atoms with Crippen molar-refractivity contribution >= 4 is 11.4 Å². The smallest absolute Gasteiger partial charge is 0.416 e. The van der Waals surface area contributed by atoms with Gasteiger partial charge in [-0.05, 0) is 44.0 Å². The van der Waals surface area contributed by atoms with E-state index in [2.05, 4.69) is 15.6 Å². The highest BCUT2D eigenvalue weighted by Gasteiger charge is 2.40. The van der Waals surface area contributed by atoms with E-state index in [-0.39, 0.29) is 18.4 Å². The summed E-state index contributed by atoms with van der Waals surface area (Å²) >= 11 is 0. The van der Waals surface area contributed by atoms with Crippen LogP contribution in [0.4, 0.5) is 24.5 Å². The molecule has 1 aliphatic heterocycles. The van der Waals surface area contributed by atoms with E-state index in [0.29, 0.717) is 18.2 Å². The number of rotatable bonds is 1. The van der Waals surface area contributed by atoms with Crippen molar-refractivity contribution < 1.29 is 30.9 Å². The van der Waals surface area contributed by atoms with Crippen LogP contribution in [0.3, 0.4) is 0 Å². The predicted molar refractivity (Wildman–Crippen MR) is 102 cm³/mol. The van der Waals surface area contributed by atoms with Crippen molar-refractivity contribution in [1.82, 2.24) is 14.8 Å². The third kappa shape index (κ3) is 3.44. The molecule has 0 fully saturated rings. The molecule has 158 valence electrons. The van der Waals surface area contributed by atoms with E-state index in [1.54, 1.807) is 12.3 Å². The Kier molecular flexibility index (Phi) is 5.23. The number of halogens is 4. The number of pyridine rings is 1. The minimum atomic E-state index is -4.34. The molecule has 1 aromatic carbocycles. The fourth-order valence-corrected chi connectivity index (χ4v) is 4.58. The summed E-state index contributed by atoms with van der Waals surface area (Å²) in [5, 5.41) is 10.1. The van der Waals surface area contributed by atoms with Gasteiger partial charge >= 0.3 is 6.18 Å². The van der Waals surface area contributed by atoms with E-state index in [1.165, 1.54) is 11.6 Å². The standard InChI is InChI=1S/C21H20F3N5.ClH/c1-12-19-17(29(28-12)18-4-2-3-9-25-18)8-5-13-11-26-16-10-14(21(22,23)24)6-7-15(16)27-20(13)19;/h2-4,6-7,9-10,13,20,26-27H,5,8,11H2,1H3;1H. The minimum Gasteiger partial charge on any atom is -1.00 e.